The quantitative estimate of drug-likeness (QED) is 0.630. The average molecular weight is 490 g/mol. The molecule has 10 heteroatoms. The Morgan fingerprint density at radius 1 is 1.15 bits per heavy atom. The van der Waals surface area contributed by atoms with Gasteiger partial charge in [0.05, 0.1) is 10.3 Å². The molecular formula is C17H20BrN3O3S3. The highest BCUT2D eigenvalue weighted by molar-refractivity contribution is 9.11. The minimum absolute atomic E-state index is 0.0922. The van der Waals surface area contributed by atoms with Gasteiger partial charge < -0.3 is 5.32 Å². The highest BCUT2D eigenvalue weighted by atomic mass is 79.9. The summed E-state index contributed by atoms with van der Waals surface area (Å²) >= 11 is 6.16. The fraction of sp³-hybridized carbons (Fsp3) is 0.353. The molecule has 1 aromatic carbocycles. The highest BCUT2D eigenvalue weighted by Gasteiger charge is 2.30. The lowest BCUT2D eigenvalue weighted by Crippen LogP contribution is -2.50. The minimum Gasteiger partial charge on any atom is -0.325 e. The van der Waals surface area contributed by atoms with Gasteiger partial charge in [0, 0.05) is 36.8 Å². The van der Waals surface area contributed by atoms with Crippen molar-refractivity contribution in [1.82, 2.24) is 9.21 Å². The van der Waals surface area contributed by atoms with Crippen molar-refractivity contribution in [3.8, 4) is 0 Å². The zero-order valence-corrected chi connectivity index (χ0v) is 18.8. The van der Waals surface area contributed by atoms with Crippen molar-refractivity contribution in [2.45, 2.75) is 9.10 Å². The summed E-state index contributed by atoms with van der Waals surface area (Å²) in [5.74, 6) is -0.0922. The van der Waals surface area contributed by atoms with E-state index in [2.05, 4.69) is 21.2 Å². The average Bonchev–Trinajstić information content (AvgIpc) is 3.10. The molecule has 27 heavy (non-hydrogen) atoms. The third kappa shape index (κ3) is 5.33. The van der Waals surface area contributed by atoms with Crippen LogP contribution < -0.4 is 5.32 Å². The van der Waals surface area contributed by atoms with E-state index < -0.39 is 10.0 Å². The van der Waals surface area contributed by atoms with E-state index in [-0.39, 0.29) is 12.5 Å². The van der Waals surface area contributed by atoms with Crippen molar-refractivity contribution in [3.63, 3.8) is 0 Å². The smallest absolute Gasteiger partial charge is 0.252 e. The molecular weight excluding hydrogens is 470 g/mol. The van der Waals surface area contributed by atoms with Gasteiger partial charge in [-0.3, -0.25) is 9.69 Å². The first-order chi connectivity index (χ1) is 12.9. The van der Waals surface area contributed by atoms with Gasteiger partial charge in [-0.15, -0.1) is 23.1 Å². The second kappa shape index (κ2) is 9.06. The van der Waals surface area contributed by atoms with Gasteiger partial charge in [0.25, 0.3) is 10.0 Å². The van der Waals surface area contributed by atoms with Crippen LogP contribution >= 0.6 is 39.0 Å². The molecule has 0 aliphatic carbocycles. The number of hydrogen-bond donors (Lipinski definition) is 1. The van der Waals surface area contributed by atoms with E-state index in [9.17, 15) is 13.2 Å². The standard InChI is InChI=1S/C17H20BrN3O3S3/c1-25-14-4-2-13(3-5-14)19-16(22)12-20-8-10-21(11-9-20)27(23,24)17-7-6-15(18)26-17/h2-7H,8-12H2,1H3,(H,19,22). The number of nitrogens with zero attached hydrogens (tertiary/aromatic N) is 2. The van der Waals surface area contributed by atoms with E-state index in [1.807, 2.05) is 35.4 Å². The molecule has 0 radical (unpaired) electrons. The van der Waals surface area contributed by atoms with Crippen molar-refractivity contribution in [3.05, 3.63) is 40.2 Å². The summed E-state index contributed by atoms with van der Waals surface area (Å²) in [4.78, 5) is 15.4. The van der Waals surface area contributed by atoms with Gasteiger partial charge in [-0.2, -0.15) is 4.31 Å². The van der Waals surface area contributed by atoms with Crippen LogP contribution in [0.25, 0.3) is 0 Å². The Morgan fingerprint density at radius 3 is 2.37 bits per heavy atom. The number of amides is 1. The third-order valence-electron chi connectivity index (χ3n) is 4.21. The Balaban J connectivity index is 1.50. The second-order valence-electron chi connectivity index (χ2n) is 6.02. The molecule has 146 valence electrons. The minimum atomic E-state index is -3.46. The van der Waals surface area contributed by atoms with Gasteiger partial charge in [-0.25, -0.2) is 8.42 Å². The summed E-state index contributed by atoms with van der Waals surface area (Å²) in [6.07, 6.45) is 2.00. The maximum absolute atomic E-state index is 12.6. The molecule has 0 bridgehead atoms. The first-order valence-corrected chi connectivity index (χ1v) is 12.6. The fourth-order valence-corrected chi connectivity index (χ4v) is 6.76. The molecule has 1 fully saturated rings. The molecule has 0 saturated carbocycles. The molecule has 0 unspecified atom stereocenters. The SMILES string of the molecule is CSc1ccc(NC(=O)CN2CCN(S(=O)(=O)c3ccc(Br)s3)CC2)cc1. The van der Waals surface area contributed by atoms with E-state index >= 15 is 0 Å². The fourth-order valence-electron chi connectivity index (χ4n) is 2.77. The van der Waals surface area contributed by atoms with Gasteiger partial charge in [0.15, 0.2) is 0 Å². The zero-order valence-electron chi connectivity index (χ0n) is 14.7. The van der Waals surface area contributed by atoms with Crippen LogP contribution in [-0.2, 0) is 14.8 Å². The zero-order chi connectivity index (χ0) is 19.4. The number of hydrogen-bond acceptors (Lipinski definition) is 6. The first-order valence-electron chi connectivity index (χ1n) is 8.30. The Morgan fingerprint density at radius 2 is 1.81 bits per heavy atom. The van der Waals surface area contributed by atoms with Crippen LogP contribution in [0.15, 0.2) is 49.3 Å². The van der Waals surface area contributed by atoms with Gasteiger partial charge in [0.1, 0.15) is 4.21 Å². The van der Waals surface area contributed by atoms with E-state index in [1.54, 1.807) is 23.9 Å². The highest BCUT2D eigenvalue weighted by Crippen LogP contribution is 2.29. The van der Waals surface area contributed by atoms with E-state index in [0.717, 1.165) is 14.4 Å². The van der Waals surface area contributed by atoms with Crippen LogP contribution in [0.5, 0.6) is 0 Å². The lowest BCUT2D eigenvalue weighted by Gasteiger charge is -2.33. The monoisotopic (exact) mass is 489 g/mol. The van der Waals surface area contributed by atoms with Crippen molar-refractivity contribution in [2.24, 2.45) is 0 Å². The lowest BCUT2D eigenvalue weighted by molar-refractivity contribution is -0.117. The number of benzene rings is 1. The number of halogens is 1. The molecule has 1 aromatic heterocycles. The number of anilines is 1. The van der Waals surface area contributed by atoms with Crippen LogP contribution in [0.4, 0.5) is 5.69 Å². The van der Waals surface area contributed by atoms with Crippen LogP contribution in [0, 0.1) is 0 Å². The normalized spacial score (nSPS) is 16.4. The number of thioether (sulfide) groups is 1. The Kier molecular flexibility index (Phi) is 6.98. The Bertz CT molecular complexity index is 892. The maximum atomic E-state index is 12.6. The summed E-state index contributed by atoms with van der Waals surface area (Å²) in [7, 11) is -3.46. The summed E-state index contributed by atoms with van der Waals surface area (Å²) in [5.41, 5.74) is 0.766. The van der Waals surface area contributed by atoms with E-state index in [1.165, 1.54) is 15.6 Å². The van der Waals surface area contributed by atoms with Crippen LogP contribution in [0.1, 0.15) is 0 Å². The molecule has 1 aliphatic heterocycles. The van der Waals surface area contributed by atoms with Crippen molar-refractivity contribution >= 4 is 60.6 Å². The second-order valence-corrected chi connectivity index (χ2v) is 11.5. The number of carbonyl (C=O) groups is 1. The molecule has 2 heterocycles. The molecule has 2 aromatic rings. The van der Waals surface area contributed by atoms with Gasteiger partial charge >= 0.3 is 0 Å². The summed E-state index contributed by atoms with van der Waals surface area (Å²) in [6, 6.07) is 11.1. The molecule has 0 atom stereocenters. The predicted octanol–water partition coefficient (Wildman–Crippen LogP) is 3.18. The van der Waals surface area contributed by atoms with Crippen LogP contribution in [-0.4, -0.2) is 62.5 Å². The van der Waals surface area contributed by atoms with Gasteiger partial charge in [-0.05, 0) is 58.6 Å². The topological polar surface area (TPSA) is 69.7 Å². The number of carbonyl (C=O) groups excluding carboxylic acids is 1. The van der Waals surface area contributed by atoms with Gasteiger partial charge in [-0.1, -0.05) is 0 Å². The van der Waals surface area contributed by atoms with E-state index in [0.29, 0.717) is 30.4 Å². The maximum Gasteiger partial charge on any atom is 0.252 e. The van der Waals surface area contributed by atoms with Crippen molar-refractivity contribution < 1.29 is 13.2 Å². The van der Waals surface area contributed by atoms with Crippen molar-refractivity contribution in [2.75, 3.05) is 44.3 Å². The molecule has 1 N–H and O–H groups in total. The van der Waals surface area contributed by atoms with Crippen molar-refractivity contribution in [1.29, 1.82) is 0 Å². The Labute approximate surface area is 176 Å². The van der Waals surface area contributed by atoms with E-state index in [4.69, 9.17) is 0 Å². The predicted molar refractivity (Wildman–Crippen MR) is 114 cm³/mol. The molecule has 1 saturated heterocycles. The van der Waals surface area contributed by atoms with Crippen LogP contribution in [0.2, 0.25) is 0 Å². The summed E-state index contributed by atoms with van der Waals surface area (Å²) in [6.45, 7) is 2.08. The number of nitrogens with one attached hydrogen (secondary N) is 1. The lowest BCUT2D eigenvalue weighted by atomic mass is 10.3. The van der Waals surface area contributed by atoms with Crippen LogP contribution in [0.3, 0.4) is 0 Å². The molecule has 3 rings (SSSR count). The molecule has 0 spiro atoms. The van der Waals surface area contributed by atoms with Gasteiger partial charge in [0.2, 0.25) is 5.91 Å². The number of rotatable bonds is 6. The first kappa shape index (κ1) is 20.8. The molecule has 6 nitrogen and oxygen atoms in total. The number of piperazine rings is 1. The number of sulfonamides is 1. The molecule has 1 aliphatic rings. The molecule has 1 amide bonds. The summed E-state index contributed by atoms with van der Waals surface area (Å²) < 4.78 is 27.9. The summed E-state index contributed by atoms with van der Waals surface area (Å²) in [5, 5.41) is 2.89. The largest absolute Gasteiger partial charge is 0.325 e. The Hall–Kier alpha value is -0.910. The third-order valence-corrected chi connectivity index (χ3v) is 8.95. The number of thiophene rings is 1.